The van der Waals surface area contributed by atoms with Gasteiger partial charge in [0.2, 0.25) is 0 Å². The van der Waals surface area contributed by atoms with Crippen LogP contribution < -0.4 is 0 Å². The number of carbonyl (C=O) groups is 2. The van der Waals surface area contributed by atoms with Crippen LogP contribution >= 0.6 is 0 Å². The van der Waals surface area contributed by atoms with Gasteiger partial charge in [-0.15, -0.1) is 0 Å². The normalized spacial score (nSPS) is 16.7. The van der Waals surface area contributed by atoms with Gasteiger partial charge in [-0.1, -0.05) is 19.3 Å². The summed E-state index contributed by atoms with van der Waals surface area (Å²) in [5.41, 5.74) is 0.475. The lowest BCUT2D eigenvalue weighted by Crippen LogP contribution is -2.35. The van der Waals surface area contributed by atoms with E-state index in [1.165, 1.54) is 23.8 Å². The Hall–Kier alpha value is -1.78. The highest BCUT2D eigenvalue weighted by Gasteiger charge is 2.20. The van der Waals surface area contributed by atoms with Crippen LogP contribution in [0.2, 0.25) is 0 Å². The second-order valence-electron chi connectivity index (χ2n) is 4.98. The van der Waals surface area contributed by atoms with Crippen molar-refractivity contribution in [1.29, 1.82) is 0 Å². The summed E-state index contributed by atoms with van der Waals surface area (Å²) >= 11 is 0. The molecule has 0 aliphatic carbocycles. The number of aromatic nitrogens is 1. The predicted octanol–water partition coefficient (Wildman–Crippen LogP) is 1.98. The summed E-state index contributed by atoms with van der Waals surface area (Å²) in [4.78, 5) is 25.1. The minimum absolute atomic E-state index is 0.0480. The Labute approximate surface area is 112 Å². The van der Waals surface area contributed by atoms with Crippen LogP contribution in [-0.2, 0) is 11.3 Å². The Morgan fingerprint density at radius 3 is 2.37 bits per heavy atom. The SMILES string of the molecule is O=C(O)Cn1cccc1C(=O)N1CCCCCCC1. The molecular weight excluding hydrogens is 244 g/mol. The van der Waals surface area contributed by atoms with Gasteiger partial charge >= 0.3 is 5.97 Å². The first kappa shape index (κ1) is 13.6. The van der Waals surface area contributed by atoms with Crippen LogP contribution in [0.3, 0.4) is 0 Å². The first-order valence-electron chi connectivity index (χ1n) is 6.84. The fourth-order valence-electron chi connectivity index (χ4n) is 2.50. The first-order valence-corrected chi connectivity index (χ1v) is 6.84. The van der Waals surface area contributed by atoms with Gasteiger partial charge in [0.1, 0.15) is 12.2 Å². The van der Waals surface area contributed by atoms with Crippen LogP contribution in [0.1, 0.15) is 42.6 Å². The molecule has 1 aliphatic rings. The number of carboxylic acid groups (broad SMARTS) is 1. The van der Waals surface area contributed by atoms with Gasteiger partial charge in [-0.25, -0.2) is 0 Å². The minimum Gasteiger partial charge on any atom is -0.480 e. The summed E-state index contributed by atoms with van der Waals surface area (Å²) in [7, 11) is 0. The molecule has 0 atom stereocenters. The van der Waals surface area contributed by atoms with Gasteiger partial charge < -0.3 is 14.6 Å². The summed E-state index contributed by atoms with van der Waals surface area (Å²) in [6.45, 7) is 1.39. The lowest BCUT2D eigenvalue weighted by molar-refractivity contribution is -0.137. The quantitative estimate of drug-likeness (QED) is 0.908. The Bertz CT molecular complexity index is 445. The second-order valence-corrected chi connectivity index (χ2v) is 4.98. The monoisotopic (exact) mass is 264 g/mol. The summed E-state index contributed by atoms with van der Waals surface area (Å²) in [6, 6.07) is 3.42. The standard InChI is InChI=1S/C14H20N2O3/c17-13(18)11-16-10-6-7-12(16)14(19)15-8-4-2-1-3-5-9-15/h6-7,10H,1-5,8-9,11H2,(H,17,18). The molecule has 1 amide bonds. The van der Waals surface area contributed by atoms with Crippen molar-refractivity contribution in [3.63, 3.8) is 0 Å². The Kier molecular flexibility index (Phi) is 4.60. The van der Waals surface area contributed by atoms with Crippen LogP contribution in [-0.4, -0.2) is 39.5 Å². The van der Waals surface area contributed by atoms with Crippen LogP contribution in [0.5, 0.6) is 0 Å². The van der Waals surface area contributed by atoms with Gasteiger partial charge in [0.15, 0.2) is 0 Å². The highest BCUT2D eigenvalue weighted by atomic mass is 16.4. The van der Waals surface area contributed by atoms with Crippen molar-refractivity contribution >= 4 is 11.9 Å². The van der Waals surface area contributed by atoms with Crippen molar-refractivity contribution < 1.29 is 14.7 Å². The van der Waals surface area contributed by atoms with E-state index < -0.39 is 5.97 Å². The fraction of sp³-hybridized carbons (Fsp3) is 0.571. The molecule has 0 radical (unpaired) electrons. The molecule has 1 aliphatic heterocycles. The topological polar surface area (TPSA) is 62.5 Å². The van der Waals surface area contributed by atoms with E-state index in [0.717, 1.165) is 25.9 Å². The molecule has 1 fully saturated rings. The van der Waals surface area contributed by atoms with Gasteiger partial charge in [-0.2, -0.15) is 0 Å². The number of carbonyl (C=O) groups excluding carboxylic acids is 1. The zero-order chi connectivity index (χ0) is 13.7. The van der Waals surface area contributed by atoms with Crippen molar-refractivity contribution in [2.24, 2.45) is 0 Å². The van der Waals surface area contributed by atoms with E-state index >= 15 is 0 Å². The summed E-state index contributed by atoms with van der Waals surface area (Å²) in [5, 5.41) is 8.84. The first-order chi connectivity index (χ1) is 9.18. The fourth-order valence-corrected chi connectivity index (χ4v) is 2.50. The average molecular weight is 264 g/mol. The van der Waals surface area contributed by atoms with Crippen LogP contribution in [0.15, 0.2) is 18.3 Å². The molecular formula is C14H20N2O3. The molecule has 1 aromatic rings. The third kappa shape index (κ3) is 3.59. The Balaban J connectivity index is 2.09. The minimum atomic E-state index is -0.932. The number of carboxylic acids is 1. The van der Waals surface area contributed by atoms with E-state index in [4.69, 9.17) is 5.11 Å². The number of hydrogen-bond donors (Lipinski definition) is 1. The van der Waals surface area contributed by atoms with E-state index in [0.29, 0.717) is 5.69 Å². The van der Waals surface area contributed by atoms with Gasteiger partial charge in [-0.05, 0) is 25.0 Å². The molecule has 0 unspecified atom stereocenters. The molecule has 1 N–H and O–H groups in total. The van der Waals surface area contributed by atoms with Crippen molar-refractivity contribution in [3.05, 3.63) is 24.0 Å². The molecule has 0 spiro atoms. The van der Waals surface area contributed by atoms with Gasteiger partial charge in [0.05, 0.1) is 0 Å². The van der Waals surface area contributed by atoms with Gasteiger partial charge in [0.25, 0.3) is 5.91 Å². The maximum atomic E-state index is 12.4. The van der Waals surface area contributed by atoms with Crippen molar-refractivity contribution in [2.75, 3.05) is 13.1 Å². The lowest BCUT2D eigenvalue weighted by atomic mass is 10.1. The average Bonchev–Trinajstić information content (AvgIpc) is 2.75. The maximum Gasteiger partial charge on any atom is 0.323 e. The van der Waals surface area contributed by atoms with Crippen LogP contribution in [0.25, 0.3) is 0 Å². The molecule has 0 aromatic carbocycles. The number of amides is 1. The molecule has 1 aromatic heterocycles. The predicted molar refractivity (Wildman–Crippen MR) is 71.1 cm³/mol. The molecule has 1 saturated heterocycles. The highest BCUT2D eigenvalue weighted by Crippen LogP contribution is 2.14. The maximum absolute atomic E-state index is 12.4. The van der Waals surface area contributed by atoms with Crippen molar-refractivity contribution in [3.8, 4) is 0 Å². The molecule has 5 heteroatoms. The van der Waals surface area contributed by atoms with Crippen LogP contribution in [0.4, 0.5) is 0 Å². The number of likely N-dealkylation sites (tertiary alicyclic amines) is 1. The molecule has 5 nitrogen and oxygen atoms in total. The van der Waals surface area contributed by atoms with Crippen molar-refractivity contribution in [1.82, 2.24) is 9.47 Å². The Morgan fingerprint density at radius 1 is 1.11 bits per heavy atom. The third-order valence-electron chi connectivity index (χ3n) is 3.50. The second kappa shape index (κ2) is 6.41. The van der Waals surface area contributed by atoms with Crippen molar-refractivity contribution in [2.45, 2.75) is 38.6 Å². The smallest absolute Gasteiger partial charge is 0.323 e. The van der Waals surface area contributed by atoms with Gasteiger partial charge in [-0.3, -0.25) is 9.59 Å². The van der Waals surface area contributed by atoms with Gasteiger partial charge in [0, 0.05) is 19.3 Å². The summed E-state index contributed by atoms with van der Waals surface area (Å²) < 4.78 is 1.50. The van der Waals surface area contributed by atoms with E-state index in [9.17, 15) is 9.59 Å². The lowest BCUT2D eigenvalue weighted by Gasteiger charge is -2.25. The summed E-state index contributed by atoms with van der Waals surface area (Å²) in [5.74, 6) is -0.980. The van der Waals surface area contributed by atoms with E-state index in [-0.39, 0.29) is 12.5 Å². The molecule has 19 heavy (non-hydrogen) atoms. The Morgan fingerprint density at radius 2 is 1.74 bits per heavy atom. The number of nitrogens with zero attached hydrogens (tertiary/aromatic N) is 2. The van der Waals surface area contributed by atoms with E-state index in [2.05, 4.69) is 0 Å². The number of aliphatic carboxylic acids is 1. The largest absolute Gasteiger partial charge is 0.480 e. The zero-order valence-electron chi connectivity index (χ0n) is 11.0. The number of hydrogen-bond acceptors (Lipinski definition) is 2. The third-order valence-corrected chi connectivity index (χ3v) is 3.50. The molecule has 104 valence electrons. The van der Waals surface area contributed by atoms with E-state index in [1.54, 1.807) is 18.3 Å². The molecule has 0 saturated carbocycles. The summed E-state index contributed by atoms with van der Waals surface area (Å²) in [6.07, 6.45) is 7.29. The zero-order valence-corrected chi connectivity index (χ0v) is 11.0. The molecule has 0 bridgehead atoms. The van der Waals surface area contributed by atoms with E-state index in [1.807, 2.05) is 4.90 Å². The molecule has 2 rings (SSSR count). The number of rotatable bonds is 3. The van der Waals surface area contributed by atoms with Crippen LogP contribution in [0, 0.1) is 0 Å². The molecule has 2 heterocycles. The highest BCUT2D eigenvalue weighted by molar-refractivity contribution is 5.93.